The molecule has 7 nitrogen and oxygen atoms in total. The van der Waals surface area contributed by atoms with Crippen LogP contribution in [0.5, 0.6) is 0 Å². The van der Waals surface area contributed by atoms with Crippen molar-refractivity contribution in [2.75, 3.05) is 25.2 Å². The molecule has 0 saturated carbocycles. The van der Waals surface area contributed by atoms with Gasteiger partial charge in [-0.1, -0.05) is 30.4 Å². The number of aliphatic imine (C=N–C) groups is 2. The van der Waals surface area contributed by atoms with Gasteiger partial charge >= 0.3 is 0 Å². The first-order valence-corrected chi connectivity index (χ1v) is 8.36. The zero-order valence-electron chi connectivity index (χ0n) is 15.3. The molecule has 0 aromatic carbocycles. The Morgan fingerprint density at radius 2 is 2.31 bits per heavy atom. The number of rotatable bonds is 7. The largest absolute Gasteiger partial charge is 0.343 e. The quantitative estimate of drug-likeness (QED) is 0.601. The highest BCUT2D eigenvalue weighted by atomic mass is 15.3. The monoisotopic (exact) mass is 349 g/mol. The SMILES string of the molecule is C\C=C/C(=C\C=C\CN1c2ncc(C#N)nc2C1C)C(C=NCN)=NC. The smallest absolute Gasteiger partial charge is 0.159 e. The Hall–Kier alpha value is -3.11. The Balaban J connectivity index is 2.08. The predicted octanol–water partition coefficient (Wildman–Crippen LogP) is 2.35. The molecule has 0 fully saturated rings. The number of hydrogen-bond donors (Lipinski definition) is 1. The van der Waals surface area contributed by atoms with Gasteiger partial charge in [-0.2, -0.15) is 5.26 Å². The Labute approximate surface area is 154 Å². The lowest BCUT2D eigenvalue weighted by Gasteiger charge is -2.39. The minimum atomic E-state index is 0.152. The third-order valence-electron chi connectivity index (χ3n) is 3.94. The summed E-state index contributed by atoms with van der Waals surface area (Å²) in [6, 6.07) is 2.17. The molecule has 2 rings (SSSR count). The lowest BCUT2D eigenvalue weighted by atomic mass is 10.0. The zero-order valence-corrected chi connectivity index (χ0v) is 15.3. The first-order valence-electron chi connectivity index (χ1n) is 8.36. The molecule has 0 spiro atoms. The van der Waals surface area contributed by atoms with E-state index in [9.17, 15) is 0 Å². The van der Waals surface area contributed by atoms with Gasteiger partial charge in [0.1, 0.15) is 11.8 Å². The molecule has 134 valence electrons. The van der Waals surface area contributed by atoms with Crippen molar-refractivity contribution in [3.05, 3.63) is 53.5 Å². The first-order chi connectivity index (χ1) is 12.7. The molecule has 1 unspecified atom stereocenters. The molecule has 0 aliphatic carbocycles. The van der Waals surface area contributed by atoms with Crippen LogP contribution in [0.1, 0.15) is 31.3 Å². The van der Waals surface area contributed by atoms with E-state index >= 15 is 0 Å². The number of anilines is 1. The number of nitriles is 1. The number of hydrogen-bond acceptors (Lipinski definition) is 7. The van der Waals surface area contributed by atoms with Crippen molar-refractivity contribution in [3.63, 3.8) is 0 Å². The van der Waals surface area contributed by atoms with Crippen molar-refractivity contribution in [1.82, 2.24) is 9.97 Å². The summed E-state index contributed by atoms with van der Waals surface area (Å²) >= 11 is 0. The molecule has 1 aromatic rings. The highest BCUT2D eigenvalue weighted by molar-refractivity contribution is 6.39. The van der Waals surface area contributed by atoms with Gasteiger partial charge in [0, 0.05) is 25.4 Å². The van der Waals surface area contributed by atoms with Crippen molar-refractivity contribution in [1.29, 1.82) is 5.26 Å². The fraction of sp³-hybridized carbons (Fsp3) is 0.316. The number of aromatic nitrogens is 2. The van der Waals surface area contributed by atoms with Crippen molar-refractivity contribution in [2.24, 2.45) is 15.7 Å². The van der Waals surface area contributed by atoms with Gasteiger partial charge in [-0.05, 0) is 13.8 Å². The van der Waals surface area contributed by atoms with Crippen molar-refractivity contribution < 1.29 is 0 Å². The number of nitrogens with two attached hydrogens (primary N) is 1. The van der Waals surface area contributed by atoms with Gasteiger partial charge in [-0.3, -0.25) is 9.98 Å². The van der Waals surface area contributed by atoms with Crippen LogP contribution in [0.4, 0.5) is 5.82 Å². The average Bonchev–Trinajstić information content (AvgIpc) is 2.67. The highest BCUT2D eigenvalue weighted by Crippen LogP contribution is 2.39. The Bertz CT molecular complexity index is 825. The second-order valence-electron chi connectivity index (χ2n) is 5.56. The number of fused-ring (bicyclic) bond motifs is 1. The summed E-state index contributed by atoms with van der Waals surface area (Å²) in [5.74, 6) is 0.838. The highest BCUT2D eigenvalue weighted by Gasteiger charge is 2.33. The van der Waals surface area contributed by atoms with Crippen LogP contribution in [0.15, 0.2) is 52.1 Å². The van der Waals surface area contributed by atoms with Crippen LogP contribution >= 0.6 is 0 Å². The van der Waals surface area contributed by atoms with Gasteiger partial charge in [0.2, 0.25) is 0 Å². The summed E-state index contributed by atoms with van der Waals surface area (Å²) < 4.78 is 0. The minimum Gasteiger partial charge on any atom is -0.343 e. The molecule has 1 atom stereocenters. The topological polar surface area (TPSA) is 104 Å². The summed E-state index contributed by atoms with van der Waals surface area (Å²) in [5.41, 5.74) is 8.38. The zero-order chi connectivity index (χ0) is 18.9. The van der Waals surface area contributed by atoms with Crippen LogP contribution in [-0.2, 0) is 0 Å². The maximum Gasteiger partial charge on any atom is 0.159 e. The number of allylic oxidation sites excluding steroid dienone is 5. The fourth-order valence-electron chi connectivity index (χ4n) is 2.61. The van der Waals surface area contributed by atoms with Crippen molar-refractivity contribution in [3.8, 4) is 6.07 Å². The van der Waals surface area contributed by atoms with Gasteiger partial charge in [0.25, 0.3) is 0 Å². The summed E-state index contributed by atoms with van der Waals surface area (Å²) in [4.78, 5) is 19.1. The fourth-order valence-corrected chi connectivity index (χ4v) is 2.61. The summed E-state index contributed by atoms with van der Waals surface area (Å²) in [6.07, 6.45) is 13.1. The first kappa shape index (κ1) is 19.2. The van der Waals surface area contributed by atoms with Gasteiger partial charge in [-0.15, -0.1) is 0 Å². The molecule has 26 heavy (non-hydrogen) atoms. The minimum absolute atomic E-state index is 0.152. The molecule has 1 aliphatic heterocycles. The normalized spacial score (nSPS) is 17.8. The van der Waals surface area contributed by atoms with E-state index in [2.05, 4.69) is 37.9 Å². The molecule has 2 N–H and O–H groups in total. The molecule has 0 radical (unpaired) electrons. The van der Waals surface area contributed by atoms with Gasteiger partial charge in [0.05, 0.1) is 24.6 Å². The maximum atomic E-state index is 8.90. The second kappa shape index (κ2) is 9.39. The average molecular weight is 349 g/mol. The van der Waals surface area contributed by atoms with Crippen molar-refractivity contribution >= 4 is 17.7 Å². The van der Waals surface area contributed by atoms with Crippen molar-refractivity contribution in [2.45, 2.75) is 19.9 Å². The number of nitrogens with zero attached hydrogens (tertiary/aromatic N) is 6. The van der Waals surface area contributed by atoms with Crippen LogP contribution in [-0.4, -0.2) is 42.2 Å². The Morgan fingerprint density at radius 1 is 1.50 bits per heavy atom. The van der Waals surface area contributed by atoms with E-state index < -0.39 is 0 Å². The lowest BCUT2D eigenvalue weighted by Crippen LogP contribution is -2.38. The van der Waals surface area contributed by atoms with E-state index in [0.717, 1.165) is 22.8 Å². The van der Waals surface area contributed by atoms with Crippen LogP contribution < -0.4 is 10.6 Å². The molecule has 0 bridgehead atoms. The third-order valence-corrected chi connectivity index (χ3v) is 3.94. The summed E-state index contributed by atoms with van der Waals surface area (Å²) in [7, 11) is 1.73. The van der Waals surface area contributed by atoms with Crippen LogP contribution in [0.3, 0.4) is 0 Å². The van der Waals surface area contributed by atoms with E-state index in [4.69, 9.17) is 11.0 Å². The van der Waals surface area contributed by atoms with Crippen LogP contribution in [0.2, 0.25) is 0 Å². The molecule has 7 heteroatoms. The third kappa shape index (κ3) is 4.29. The Morgan fingerprint density at radius 3 is 2.96 bits per heavy atom. The van der Waals surface area contributed by atoms with E-state index in [-0.39, 0.29) is 12.7 Å². The molecule has 0 saturated heterocycles. The lowest BCUT2D eigenvalue weighted by molar-refractivity contribution is 0.599. The summed E-state index contributed by atoms with van der Waals surface area (Å²) in [6.45, 7) is 4.96. The Kier molecular flexibility index (Phi) is 6.94. The maximum absolute atomic E-state index is 8.90. The molecular weight excluding hydrogens is 326 g/mol. The van der Waals surface area contributed by atoms with Gasteiger partial charge in [0.15, 0.2) is 11.5 Å². The van der Waals surface area contributed by atoms with Gasteiger partial charge < -0.3 is 10.6 Å². The standard InChI is InChI=1S/C19H23N7/c1-4-7-15(17(22-3)12-23-13-21)8-5-6-9-26-14(2)18-19(26)24-11-16(10-20)25-18/h4-8,11-12,14H,9,13,21H2,1-3H3/b6-5+,7-4-,15-8+,22-17?,23-12?. The van der Waals surface area contributed by atoms with E-state index in [1.54, 1.807) is 13.3 Å². The molecular formula is C19H23N7. The molecule has 1 aliphatic rings. The molecule has 2 heterocycles. The van der Waals surface area contributed by atoms with Crippen LogP contribution in [0.25, 0.3) is 0 Å². The van der Waals surface area contributed by atoms with Gasteiger partial charge in [-0.25, -0.2) is 9.97 Å². The predicted molar refractivity (Wildman–Crippen MR) is 105 cm³/mol. The molecule has 1 aromatic heterocycles. The second-order valence-corrected chi connectivity index (χ2v) is 5.56. The van der Waals surface area contributed by atoms with Crippen LogP contribution in [0, 0.1) is 11.3 Å². The van der Waals surface area contributed by atoms with E-state index in [1.807, 2.05) is 37.3 Å². The molecule has 0 amide bonds. The summed E-state index contributed by atoms with van der Waals surface area (Å²) in [5, 5.41) is 8.90. The van der Waals surface area contributed by atoms with E-state index in [1.165, 1.54) is 6.20 Å². The van der Waals surface area contributed by atoms with E-state index in [0.29, 0.717) is 12.2 Å².